The fraction of sp³-hybridized carbons (Fsp3) is 0.360. The molecule has 2 aliphatic rings. The van der Waals surface area contributed by atoms with Gasteiger partial charge in [0.05, 0.1) is 27.5 Å². The molecule has 1 unspecified atom stereocenters. The monoisotopic (exact) mass is 510 g/mol. The fourth-order valence-corrected chi connectivity index (χ4v) is 7.66. The summed E-state index contributed by atoms with van der Waals surface area (Å²) in [6.07, 6.45) is 7.27. The van der Waals surface area contributed by atoms with Gasteiger partial charge in [0.1, 0.15) is 10.8 Å². The Morgan fingerprint density at radius 1 is 1.22 bits per heavy atom. The van der Waals surface area contributed by atoms with Gasteiger partial charge in [0.15, 0.2) is 11.5 Å². The third kappa shape index (κ3) is 4.27. The van der Waals surface area contributed by atoms with Crippen molar-refractivity contribution in [2.45, 2.75) is 51.1 Å². The molecule has 36 heavy (non-hydrogen) atoms. The largest absolute Gasteiger partial charge is 0.365 e. The zero-order chi connectivity index (χ0) is 25.8. The second-order valence-corrected chi connectivity index (χ2v) is 12.3. The molecule has 1 aliphatic heterocycles. The van der Waals surface area contributed by atoms with Crippen molar-refractivity contribution in [3.8, 4) is 11.4 Å². The highest BCUT2D eigenvalue weighted by Crippen LogP contribution is 2.55. The van der Waals surface area contributed by atoms with E-state index >= 15 is 0 Å². The normalized spacial score (nSPS) is 24.4. The Balaban J connectivity index is 1.74. The lowest BCUT2D eigenvalue weighted by atomic mass is 9.70. The van der Waals surface area contributed by atoms with Gasteiger partial charge in [-0.3, -0.25) is 14.9 Å². The second-order valence-electron chi connectivity index (χ2n) is 10.3. The number of carbonyl (C=O) groups is 1. The number of aromatic nitrogens is 4. The van der Waals surface area contributed by atoms with Crippen LogP contribution in [0.25, 0.3) is 22.4 Å². The van der Waals surface area contributed by atoms with Crippen molar-refractivity contribution in [3.63, 3.8) is 0 Å². The van der Waals surface area contributed by atoms with Gasteiger partial charge >= 0.3 is 0 Å². The number of nitrogens with zero attached hydrogens (tertiary/aromatic N) is 5. The van der Waals surface area contributed by atoms with Crippen LogP contribution in [0.5, 0.6) is 0 Å². The number of allylic oxidation sites excluding steroid dienone is 2. The van der Waals surface area contributed by atoms with Crippen molar-refractivity contribution in [1.82, 2.24) is 19.7 Å². The molecule has 11 heteroatoms. The molecule has 1 aromatic carbocycles. The summed E-state index contributed by atoms with van der Waals surface area (Å²) in [5.74, 6) is -0.368. The van der Waals surface area contributed by atoms with Gasteiger partial charge < -0.3 is 5.73 Å². The summed E-state index contributed by atoms with van der Waals surface area (Å²) in [5.41, 5.74) is 6.82. The zero-order valence-electron chi connectivity index (χ0n) is 20.2. The molecule has 3 atom stereocenters. The van der Waals surface area contributed by atoms with Crippen LogP contribution in [0.3, 0.4) is 0 Å². The van der Waals surface area contributed by atoms with Gasteiger partial charge in [-0.1, -0.05) is 31.7 Å². The minimum absolute atomic E-state index is 0.0816. The number of nitro groups is 1. The molecule has 188 valence electrons. The van der Waals surface area contributed by atoms with Gasteiger partial charge in [-0.25, -0.2) is 19.0 Å². The second kappa shape index (κ2) is 8.81. The first-order valence-corrected chi connectivity index (χ1v) is 13.1. The van der Waals surface area contributed by atoms with E-state index in [1.807, 2.05) is 4.68 Å². The third-order valence-corrected chi connectivity index (χ3v) is 9.14. The van der Waals surface area contributed by atoms with Crippen molar-refractivity contribution < 1.29 is 14.1 Å². The van der Waals surface area contributed by atoms with Crippen molar-refractivity contribution in [2.24, 2.45) is 17.1 Å². The Morgan fingerprint density at radius 3 is 2.58 bits per heavy atom. The first kappa shape index (κ1) is 24.1. The summed E-state index contributed by atoms with van der Waals surface area (Å²) in [6, 6.07) is 5.82. The molecule has 3 heterocycles. The van der Waals surface area contributed by atoms with Gasteiger partial charge in [-0.2, -0.15) is 5.10 Å². The summed E-state index contributed by atoms with van der Waals surface area (Å²) < 4.78 is 15.5. The first-order chi connectivity index (χ1) is 17.0. The van der Waals surface area contributed by atoms with E-state index < -0.39 is 27.5 Å². The third-order valence-electron chi connectivity index (χ3n) is 6.76. The zero-order valence-corrected chi connectivity index (χ0v) is 21.1. The number of nitrogens with two attached hydrogens (primary N) is 1. The van der Waals surface area contributed by atoms with E-state index in [0.29, 0.717) is 27.5 Å². The number of fused-ring (bicyclic) bond motifs is 1. The molecule has 0 radical (unpaired) electrons. The van der Waals surface area contributed by atoms with Gasteiger partial charge in [0.2, 0.25) is 0 Å². The Hall–Kier alpha value is -3.60. The maximum atomic E-state index is 13.6. The van der Waals surface area contributed by atoms with Crippen LogP contribution >= 0.6 is 10.9 Å². The van der Waals surface area contributed by atoms with Crippen LogP contribution in [0, 0.1) is 27.3 Å². The predicted octanol–water partition coefficient (Wildman–Crippen LogP) is 4.88. The van der Waals surface area contributed by atoms with Crippen molar-refractivity contribution >= 4 is 27.8 Å². The number of carbonyl (C=O) groups excluding carboxylic acids is 1. The van der Waals surface area contributed by atoms with Crippen LogP contribution in [0.4, 0.5) is 4.39 Å². The number of benzene rings is 1. The average Bonchev–Trinajstić information content (AvgIpc) is 3.42. The number of thiol groups is 1. The predicted molar refractivity (Wildman–Crippen MR) is 136 cm³/mol. The number of amides is 1. The molecule has 5 rings (SSSR count). The highest BCUT2D eigenvalue weighted by molar-refractivity contribution is 8.24. The maximum absolute atomic E-state index is 13.6. The van der Waals surface area contributed by atoms with Crippen molar-refractivity contribution in [1.29, 1.82) is 0 Å². The number of hydrogen-bond donors (Lipinski definition) is 2. The molecule has 1 saturated carbocycles. The molecule has 3 aromatic rings. The van der Waals surface area contributed by atoms with E-state index in [0.717, 1.165) is 19.3 Å². The SMILES string of the molecule is C[C@@H]1C[C@@H](n2ncc3c([SH]4C(C(N)=O)=CC=C4[N+](=O)[O-])nc(-c4ccc(F)cc4)nc32)CC(C)(C)C1. The van der Waals surface area contributed by atoms with Crippen molar-refractivity contribution in [2.75, 3.05) is 0 Å². The number of rotatable bonds is 5. The molecule has 9 nitrogen and oxygen atoms in total. The molecule has 0 saturated heterocycles. The Labute approximate surface area is 209 Å². The maximum Gasteiger partial charge on any atom is 0.293 e. The summed E-state index contributed by atoms with van der Waals surface area (Å²) in [5, 5.41) is 17.3. The smallest absolute Gasteiger partial charge is 0.293 e. The van der Waals surface area contributed by atoms with Gasteiger partial charge in [-0.15, -0.1) is 0 Å². The Bertz CT molecular complexity index is 1420. The molecular weight excluding hydrogens is 483 g/mol. The van der Waals surface area contributed by atoms with Crippen LogP contribution in [0.2, 0.25) is 0 Å². The topological polar surface area (TPSA) is 130 Å². The van der Waals surface area contributed by atoms with Crippen LogP contribution in [0.15, 0.2) is 57.6 Å². The van der Waals surface area contributed by atoms with Crippen LogP contribution in [-0.2, 0) is 4.79 Å². The van der Waals surface area contributed by atoms with Crippen LogP contribution in [-0.4, -0.2) is 30.6 Å². The number of halogens is 1. The number of hydrogen-bond acceptors (Lipinski definition) is 6. The quantitative estimate of drug-likeness (QED) is 0.218. The molecule has 0 spiro atoms. The lowest BCUT2D eigenvalue weighted by Gasteiger charge is -2.39. The molecule has 1 amide bonds. The summed E-state index contributed by atoms with van der Waals surface area (Å²) in [6.45, 7) is 6.71. The average molecular weight is 511 g/mol. The minimum Gasteiger partial charge on any atom is -0.365 e. The summed E-state index contributed by atoms with van der Waals surface area (Å²) in [7, 11) is -1.92. The van der Waals surface area contributed by atoms with E-state index in [4.69, 9.17) is 15.7 Å². The molecule has 2 aromatic heterocycles. The van der Waals surface area contributed by atoms with E-state index in [1.165, 1.54) is 24.3 Å². The van der Waals surface area contributed by atoms with Gasteiger partial charge in [0.25, 0.3) is 10.9 Å². The Kier molecular flexibility index (Phi) is 5.90. The highest BCUT2D eigenvalue weighted by atomic mass is 32.2. The standard InChI is InChI=1S/C25H27FN6O3S/c1-14-10-17(12-25(2,3)11-14)31-23-18(13-28-31)24(30-22(29-23)15-4-6-16(26)7-5-15)36-19(21(27)33)8-9-20(36)32(34)35/h4-9,13-14,17,36H,10-12H2,1-3H3,(H2,27,33)/t14-,17-/m1/s1. The molecule has 2 N–H and O–H groups in total. The minimum atomic E-state index is -1.92. The summed E-state index contributed by atoms with van der Waals surface area (Å²) >= 11 is 0. The molecular formula is C25H27FN6O3S. The van der Waals surface area contributed by atoms with E-state index in [1.54, 1.807) is 18.3 Å². The van der Waals surface area contributed by atoms with Crippen LogP contribution in [0.1, 0.15) is 46.1 Å². The van der Waals surface area contributed by atoms with Crippen LogP contribution < -0.4 is 5.73 Å². The molecule has 0 bridgehead atoms. The van der Waals surface area contributed by atoms with E-state index in [2.05, 4.69) is 25.9 Å². The van der Waals surface area contributed by atoms with E-state index in [9.17, 15) is 19.3 Å². The summed E-state index contributed by atoms with van der Waals surface area (Å²) in [4.78, 5) is 33.3. The van der Waals surface area contributed by atoms with E-state index in [-0.39, 0.29) is 27.2 Å². The van der Waals surface area contributed by atoms with Gasteiger partial charge in [0, 0.05) is 11.6 Å². The fourth-order valence-electron chi connectivity index (χ4n) is 5.54. The molecule has 1 fully saturated rings. The van der Waals surface area contributed by atoms with Crippen molar-refractivity contribution in [3.05, 3.63) is 68.5 Å². The number of primary amides is 1. The lowest BCUT2D eigenvalue weighted by molar-refractivity contribution is -0.410. The van der Waals surface area contributed by atoms with Gasteiger partial charge in [-0.05, 0) is 60.9 Å². The first-order valence-electron chi connectivity index (χ1n) is 11.7. The highest BCUT2D eigenvalue weighted by Gasteiger charge is 2.38. The lowest BCUT2D eigenvalue weighted by Crippen LogP contribution is -2.30. The Morgan fingerprint density at radius 2 is 1.94 bits per heavy atom. The molecule has 1 aliphatic carbocycles.